The minimum atomic E-state index is -1.19. The lowest BCUT2D eigenvalue weighted by Gasteiger charge is -2.32. The molecule has 2 aromatic rings. The zero-order valence-corrected chi connectivity index (χ0v) is 15.7. The van der Waals surface area contributed by atoms with Crippen molar-refractivity contribution in [3.8, 4) is 6.07 Å². The summed E-state index contributed by atoms with van der Waals surface area (Å²) in [6.45, 7) is -0.896. The summed E-state index contributed by atoms with van der Waals surface area (Å²) in [5, 5.41) is 11.5. The summed E-state index contributed by atoms with van der Waals surface area (Å²) in [4.78, 5) is 20.8. The molecule has 30 heavy (non-hydrogen) atoms. The second kappa shape index (κ2) is 7.55. The van der Waals surface area contributed by atoms with E-state index >= 15 is 0 Å². The van der Waals surface area contributed by atoms with E-state index in [4.69, 9.17) is 15.7 Å². The van der Waals surface area contributed by atoms with Gasteiger partial charge >= 0.3 is 0 Å². The van der Waals surface area contributed by atoms with Gasteiger partial charge in [-0.05, 0) is 55.2 Å². The van der Waals surface area contributed by atoms with E-state index in [9.17, 15) is 13.6 Å². The van der Waals surface area contributed by atoms with Gasteiger partial charge in [0.15, 0.2) is 0 Å². The second-order valence-electron chi connectivity index (χ2n) is 7.09. The van der Waals surface area contributed by atoms with E-state index in [2.05, 4.69) is 15.3 Å². The Balaban J connectivity index is 1.69. The fourth-order valence-electron chi connectivity index (χ4n) is 3.50. The van der Waals surface area contributed by atoms with Crippen molar-refractivity contribution in [3.05, 3.63) is 71.0 Å². The van der Waals surface area contributed by atoms with E-state index in [0.717, 1.165) is 12.8 Å². The quantitative estimate of drug-likeness (QED) is 0.788. The van der Waals surface area contributed by atoms with Gasteiger partial charge in [-0.1, -0.05) is 0 Å². The van der Waals surface area contributed by atoms with Crippen LogP contribution in [0.3, 0.4) is 0 Å². The van der Waals surface area contributed by atoms with Gasteiger partial charge in [-0.2, -0.15) is 5.26 Å². The summed E-state index contributed by atoms with van der Waals surface area (Å²) in [6.07, 6.45) is 4.30. The zero-order valence-electron chi connectivity index (χ0n) is 15.7. The highest BCUT2D eigenvalue weighted by Gasteiger charge is 2.49. The van der Waals surface area contributed by atoms with Gasteiger partial charge in [-0.15, -0.1) is 0 Å². The number of ether oxygens (including phenoxy) is 1. The number of halogens is 2. The molecule has 0 saturated heterocycles. The highest BCUT2D eigenvalue weighted by molar-refractivity contribution is 6.02. The molecule has 0 bridgehead atoms. The number of benzene rings is 1. The number of nitrogens with one attached hydrogen (secondary N) is 1. The molecule has 0 spiro atoms. The van der Waals surface area contributed by atoms with Crippen LogP contribution in [0.25, 0.3) is 0 Å². The predicted octanol–water partition coefficient (Wildman–Crippen LogP) is 3.15. The first-order valence-corrected chi connectivity index (χ1v) is 9.23. The minimum absolute atomic E-state index is 0.0231. The van der Waals surface area contributed by atoms with Crippen molar-refractivity contribution in [2.45, 2.75) is 18.4 Å². The molecule has 152 valence electrons. The van der Waals surface area contributed by atoms with Crippen molar-refractivity contribution >= 4 is 17.6 Å². The summed E-state index contributed by atoms with van der Waals surface area (Å²) >= 11 is 0. The van der Waals surface area contributed by atoms with Gasteiger partial charge in [0.1, 0.15) is 35.6 Å². The van der Waals surface area contributed by atoms with Crippen LogP contribution in [0.2, 0.25) is 0 Å². The van der Waals surface area contributed by atoms with Crippen LogP contribution in [0.1, 0.15) is 34.5 Å². The molecule has 1 aromatic carbocycles. The second-order valence-corrected chi connectivity index (χ2v) is 7.09. The smallest absolute Gasteiger partial charge is 0.288 e. The number of amidine groups is 1. The predicted molar refractivity (Wildman–Crippen MR) is 104 cm³/mol. The van der Waals surface area contributed by atoms with Gasteiger partial charge < -0.3 is 15.8 Å². The molecule has 0 radical (unpaired) electrons. The third-order valence-electron chi connectivity index (χ3n) is 5.02. The van der Waals surface area contributed by atoms with Gasteiger partial charge in [0, 0.05) is 17.4 Å². The maximum Gasteiger partial charge on any atom is 0.288 e. The Morgan fingerprint density at radius 1 is 1.37 bits per heavy atom. The topological polar surface area (TPSA) is 113 Å². The van der Waals surface area contributed by atoms with E-state index in [0.29, 0.717) is 11.3 Å². The molecule has 2 aliphatic rings. The molecule has 1 amide bonds. The highest BCUT2D eigenvalue weighted by Crippen LogP contribution is 2.52. The van der Waals surface area contributed by atoms with Crippen molar-refractivity contribution in [1.29, 1.82) is 5.26 Å². The molecule has 1 atom stereocenters. The summed E-state index contributed by atoms with van der Waals surface area (Å²) in [5.41, 5.74) is 5.47. The van der Waals surface area contributed by atoms with Crippen molar-refractivity contribution in [3.63, 3.8) is 0 Å². The Morgan fingerprint density at radius 2 is 2.17 bits per heavy atom. The number of anilines is 1. The average Bonchev–Trinajstić information content (AvgIpc) is 3.60. The first kappa shape index (κ1) is 19.5. The first-order valence-electron chi connectivity index (χ1n) is 9.23. The Kier molecular flexibility index (Phi) is 4.91. The van der Waals surface area contributed by atoms with Crippen LogP contribution < -0.4 is 11.1 Å². The molecule has 9 heteroatoms. The maximum absolute atomic E-state index is 14.9. The molecule has 1 fully saturated rings. The monoisotopic (exact) mass is 409 g/mol. The number of nitriles is 1. The lowest BCUT2D eigenvalue weighted by atomic mass is 9.83. The molecule has 1 aliphatic carbocycles. The third kappa shape index (κ3) is 3.59. The summed E-state index contributed by atoms with van der Waals surface area (Å²) in [7, 11) is 0. The molecule has 2 heterocycles. The van der Waals surface area contributed by atoms with E-state index < -0.39 is 23.9 Å². The number of amides is 1. The lowest BCUT2D eigenvalue weighted by molar-refractivity contribution is 0.102. The third-order valence-corrected chi connectivity index (χ3v) is 5.02. The number of allylic oxidation sites excluding steroid dienone is 1. The van der Waals surface area contributed by atoms with E-state index in [1.165, 1.54) is 42.6 Å². The molecule has 4 rings (SSSR count). The molecule has 1 aromatic heterocycles. The number of hydrogen-bond donors (Lipinski definition) is 2. The molecule has 1 saturated carbocycles. The van der Waals surface area contributed by atoms with E-state index in [-0.39, 0.29) is 29.0 Å². The Morgan fingerprint density at radius 3 is 2.80 bits per heavy atom. The Bertz CT molecular complexity index is 1100. The number of nitrogens with zero attached hydrogens (tertiary/aromatic N) is 3. The molecular weight excluding hydrogens is 392 g/mol. The van der Waals surface area contributed by atoms with Crippen LogP contribution in [-0.4, -0.2) is 23.6 Å². The highest BCUT2D eigenvalue weighted by atomic mass is 19.1. The van der Waals surface area contributed by atoms with Gasteiger partial charge in [-0.3, -0.25) is 4.79 Å². The number of rotatable bonds is 5. The van der Waals surface area contributed by atoms with Crippen molar-refractivity contribution in [2.75, 3.05) is 12.0 Å². The number of carbonyl (C=O) groups is 1. The van der Waals surface area contributed by atoms with Gasteiger partial charge in [0.2, 0.25) is 0 Å². The molecule has 1 aliphatic heterocycles. The lowest BCUT2D eigenvalue weighted by Crippen LogP contribution is -2.35. The SMILES string of the molecule is N#Cc1ccc(C(=O)Nc2ccc(F)c([C@]3(C4CC4)C=C(CF)OC(N)=N3)c2)nc1. The number of aromatic nitrogens is 1. The maximum atomic E-state index is 14.9. The Labute approximate surface area is 170 Å². The van der Waals surface area contributed by atoms with Crippen LogP contribution >= 0.6 is 0 Å². The van der Waals surface area contributed by atoms with Crippen LogP contribution in [0.15, 0.2) is 53.4 Å². The molecule has 3 N–H and O–H groups in total. The number of alkyl halides is 1. The van der Waals surface area contributed by atoms with Crippen LogP contribution in [0, 0.1) is 23.1 Å². The van der Waals surface area contributed by atoms with Crippen molar-refractivity contribution in [1.82, 2.24) is 4.98 Å². The fraction of sp³-hybridized carbons (Fsp3) is 0.238. The molecular formula is C21H17F2N5O2. The largest absolute Gasteiger partial charge is 0.428 e. The number of pyridine rings is 1. The number of aliphatic imine (C=N–C) groups is 1. The van der Waals surface area contributed by atoms with Crippen LogP contribution in [-0.2, 0) is 10.3 Å². The zero-order chi connectivity index (χ0) is 21.3. The fourth-order valence-corrected chi connectivity index (χ4v) is 3.50. The number of nitrogens with two attached hydrogens (primary N) is 1. The van der Waals surface area contributed by atoms with Crippen LogP contribution in [0.4, 0.5) is 14.5 Å². The summed E-state index contributed by atoms with van der Waals surface area (Å²) in [5.74, 6) is -1.15. The Hall–Kier alpha value is -3.80. The molecule has 7 nitrogen and oxygen atoms in total. The minimum Gasteiger partial charge on any atom is -0.428 e. The van der Waals surface area contributed by atoms with Crippen molar-refractivity contribution in [2.24, 2.45) is 16.6 Å². The standard InChI is InChI=1S/C21H17F2N5O2/c22-9-15-8-21(13-2-3-13,28-20(25)30-15)16-7-14(4-5-17(16)23)27-19(29)18-6-1-12(10-24)11-26-18/h1,4-8,11,13H,2-3,9H2,(H2,25,28)(H,27,29)/t21-/m1/s1. The number of carbonyl (C=O) groups excluding carboxylic acids is 1. The molecule has 0 unspecified atom stereocenters. The van der Waals surface area contributed by atoms with Gasteiger partial charge in [-0.25, -0.2) is 18.8 Å². The summed E-state index contributed by atoms with van der Waals surface area (Å²) in [6, 6.07) is 8.68. The van der Waals surface area contributed by atoms with E-state index in [1.54, 1.807) is 0 Å². The summed E-state index contributed by atoms with van der Waals surface area (Å²) < 4.78 is 33.3. The van der Waals surface area contributed by atoms with Gasteiger partial charge in [0.05, 0.1) is 5.56 Å². The van der Waals surface area contributed by atoms with Crippen molar-refractivity contribution < 1.29 is 18.3 Å². The average molecular weight is 409 g/mol. The van der Waals surface area contributed by atoms with Gasteiger partial charge in [0.25, 0.3) is 11.9 Å². The van der Waals surface area contributed by atoms with E-state index in [1.807, 2.05) is 6.07 Å². The first-order chi connectivity index (χ1) is 14.4. The van der Waals surface area contributed by atoms with Crippen LogP contribution in [0.5, 0.6) is 0 Å². The number of hydrogen-bond acceptors (Lipinski definition) is 6. The normalized spacial score (nSPS) is 20.4.